The smallest absolute Gasteiger partial charge is 0.277 e. The van der Waals surface area contributed by atoms with E-state index in [0.29, 0.717) is 6.04 Å². The first-order chi connectivity index (χ1) is 8.08. The van der Waals surface area contributed by atoms with E-state index in [2.05, 4.69) is 45.6 Å². The van der Waals surface area contributed by atoms with Crippen molar-refractivity contribution in [3.63, 3.8) is 0 Å². The summed E-state index contributed by atoms with van der Waals surface area (Å²) in [6, 6.07) is 8.55. The Morgan fingerprint density at radius 3 is 2.47 bits per heavy atom. The minimum atomic E-state index is -0.0615. The molecule has 1 aromatic rings. The Balaban J connectivity index is 2.71. The van der Waals surface area contributed by atoms with Gasteiger partial charge in [0.1, 0.15) is 6.04 Å². The van der Waals surface area contributed by atoms with E-state index in [-0.39, 0.29) is 11.9 Å². The summed E-state index contributed by atoms with van der Waals surface area (Å²) < 4.78 is 1.08. The molecule has 0 aromatic heterocycles. The highest BCUT2D eigenvalue weighted by Gasteiger charge is 2.20. The van der Waals surface area contributed by atoms with Crippen LogP contribution in [0, 0.1) is 0 Å². The SMILES string of the molecule is CC[C@H]([NH2+][C@H](C)C(=O)NC)c1ccc(Br)cc1. The Hall–Kier alpha value is -0.870. The molecule has 0 radical (unpaired) electrons. The molecular weight excluding hydrogens is 280 g/mol. The fourth-order valence-electron chi connectivity index (χ4n) is 1.86. The fourth-order valence-corrected chi connectivity index (χ4v) is 2.12. The van der Waals surface area contributed by atoms with E-state index in [0.717, 1.165) is 10.9 Å². The number of quaternary nitrogens is 1. The molecule has 1 aromatic carbocycles. The summed E-state index contributed by atoms with van der Waals surface area (Å²) in [6.07, 6.45) is 1.00. The molecule has 3 nitrogen and oxygen atoms in total. The van der Waals surface area contributed by atoms with Crippen molar-refractivity contribution in [1.29, 1.82) is 0 Å². The molecule has 0 bridgehead atoms. The van der Waals surface area contributed by atoms with E-state index in [1.54, 1.807) is 7.05 Å². The van der Waals surface area contributed by atoms with Gasteiger partial charge in [-0.3, -0.25) is 4.79 Å². The van der Waals surface area contributed by atoms with Gasteiger partial charge in [-0.25, -0.2) is 0 Å². The van der Waals surface area contributed by atoms with E-state index >= 15 is 0 Å². The first-order valence-corrected chi connectivity index (χ1v) is 6.69. The summed E-state index contributed by atoms with van der Waals surface area (Å²) in [6.45, 7) is 4.07. The third-order valence-corrected chi connectivity index (χ3v) is 3.45. The molecule has 0 aliphatic carbocycles. The highest BCUT2D eigenvalue weighted by atomic mass is 79.9. The molecule has 0 aliphatic heterocycles. The Bertz CT molecular complexity index is 364. The lowest BCUT2D eigenvalue weighted by molar-refractivity contribution is -0.713. The van der Waals surface area contributed by atoms with Crippen molar-refractivity contribution in [2.45, 2.75) is 32.4 Å². The minimum absolute atomic E-state index is 0.0615. The van der Waals surface area contributed by atoms with Gasteiger partial charge >= 0.3 is 0 Å². The topological polar surface area (TPSA) is 45.7 Å². The van der Waals surface area contributed by atoms with Gasteiger partial charge in [0.05, 0.1) is 0 Å². The maximum Gasteiger partial charge on any atom is 0.277 e. The molecule has 0 heterocycles. The molecule has 0 saturated carbocycles. The molecule has 4 heteroatoms. The van der Waals surface area contributed by atoms with Gasteiger partial charge in [-0.15, -0.1) is 0 Å². The van der Waals surface area contributed by atoms with Crippen molar-refractivity contribution >= 4 is 21.8 Å². The van der Waals surface area contributed by atoms with Crippen molar-refractivity contribution in [2.24, 2.45) is 0 Å². The van der Waals surface area contributed by atoms with Gasteiger partial charge in [-0.1, -0.05) is 35.0 Å². The van der Waals surface area contributed by atoms with Crippen LogP contribution < -0.4 is 10.6 Å². The van der Waals surface area contributed by atoms with Gasteiger partial charge in [0.2, 0.25) is 0 Å². The van der Waals surface area contributed by atoms with Crippen molar-refractivity contribution in [2.75, 3.05) is 7.05 Å². The second-order valence-corrected chi connectivity index (χ2v) is 5.08. The van der Waals surface area contributed by atoms with Gasteiger partial charge < -0.3 is 10.6 Å². The molecule has 0 saturated heterocycles. The van der Waals surface area contributed by atoms with Crippen molar-refractivity contribution in [1.82, 2.24) is 5.32 Å². The number of likely N-dealkylation sites (N-methyl/N-ethyl adjacent to an activating group) is 1. The van der Waals surface area contributed by atoms with E-state index in [4.69, 9.17) is 0 Å². The van der Waals surface area contributed by atoms with Gasteiger partial charge in [-0.05, 0) is 19.1 Å². The third-order valence-electron chi connectivity index (χ3n) is 2.92. The lowest BCUT2D eigenvalue weighted by Crippen LogP contribution is -2.92. The van der Waals surface area contributed by atoms with Crippen molar-refractivity contribution < 1.29 is 10.1 Å². The summed E-state index contributed by atoms with van der Waals surface area (Å²) >= 11 is 3.43. The largest absolute Gasteiger partial charge is 0.354 e. The molecule has 1 amide bonds. The van der Waals surface area contributed by atoms with Crippen LogP contribution >= 0.6 is 15.9 Å². The van der Waals surface area contributed by atoms with Crippen molar-refractivity contribution in [3.05, 3.63) is 34.3 Å². The highest BCUT2D eigenvalue weighted by Crippen LogP contribution is 2.16. The van der Waals surface area contributed by atoms with E-state index in [1.807, 2.05) is 19.1 Å². The lowest BCUT2D eigenvalue weighted by Gasteiger charge is -2.18. The maximum atomic E-state index is 11.5. The summed E-state index contributed by atoms with van der Waals surface area (Å²) in [7, 11) is 1.67. The second-order valence-electron chi connectivity index (χ2n) is 4.16. The van der Waals surface area contributed by atoms with Crippen LogP contribution in [-0.4, -0.2) is 19.0 Å². The van der Waals surface area contributed by atoms with Crippen LogP contribution in [-0.2, 0) is 4.79 Å². The number of hydrogen-bond acceptors (Lipinski definition) is 1. The van der Waals surface area contributed by atoms with Gasteiger partial charge in [0.25, 0.3) is 5.91 Å². The molecule has 17 heavy (non-hydrogen) atoms. The molecule has 0 spiro atoms. The Morgan fingerprint density at radius 1 is 1.41 bits per heavy atom. The second kappa shape index (κ2) is 6.77. The van der Waals surface area contributed by atoms with Gasteiger partial charge in [-0.2, -0.15) is 0 Å². The zero-order chi connectivity index (χ0) is 12.8. The Labute approximate surface area is 111 Å². The molecular formula is C13H20BrN2O+. The van der Waals surface area contributed by atoms with Crippen LogP contribution in [0.3, 0.4) is 0 Å². The van der Waals surface area contributed by atoms with Crippen LogP contribution in [0.15, 0.2) is 28.7 Å². The number of nitrogens with two attached hydrogens (primary N) is 1. The predicted molar refractivity (Wildman–Crippen MR) is 72.6 cm³/mol. The van der Waals surface area contributed by atoms with Crippen molar-refractivity contribution in [3.8, 4) is 0 Å². The summed E-state index contributed by atoms with van der Waals surface area (Å²) in [5.41, 5.74) is 1.26. The average molecular weight is 300 g/mol. The van der Waals surface area contributed by atoms with E-state index in [1.165, 1.54) is 5.56 Å². The van der Waals surface area contributed by atoms with Crippen LogP contribution in [0.1, 0.15) is 31.9 Å². The number of carbonyl (C=O) groups excluding carboxylic acids is 1. The molecule has 0 aliphatic rings. The number of nitrogens with one attached hydrogen (secondary N) is 1. The quantitative estimate of drug-likeness (QED) is 0.852. The molecule has 1 rings (SSSR count). The highest BCUT2D eigenvalue weighted by molar-refractivity contribution is 9.10. The first kappa shape index (κ1) is 14.2. The fraction of sp³-hybridized carbons (Fsp3) is 0.462. The standard InChI is InChI=1S/C13H19BrN2O/c1-4-12(16-9(2)13(17)15-3)10-5-7-11(14)8-6-10/h5-9,12,16H,4H2,1-3H3,(H,15,17)/p+1/t9-,12+/m1/s1. The lowest BCUT2D eigenvalue weighted by atomic mass is 10.0. The summed E-state index contributed by atoms with van der Waals surface area (Å²) in [4.78, 5) is 11.5. The van der Waals surface area contributed by atoms with Crippen LogP contribution in [0.5, 0.6) is 0 Å². The number of halogens is 1. The number of amides is 1. The normalized spacial score (nSPS) is 14.1. The minimum Gasteiger partial charge on any atom is -0.354 e. The maximum absolute atomic E-state index is 11.5. The molecule has 0 unspecified atom stereocenters. The monoisotopic (exact) mass is 299 g/mol. The van der Waals surface area contributed by atoms with Gasteiger partial charge in [0.15, 0.2) is 6.04 Å². The molecule has 94 valence electrons. The number of carbonyl (C=O) groups is 1. The summed E-state index contributed by atoms with van der Waals surface area (Å²) in [5, 5.41) is 4.79. The zero-order valence-corrected chi connectivity index (χ0v) is 12.1. The predicted octanol–water partition coefficient (Wildman–Crippen LogP) is 1.60. The van der Waals surface area contributed by atoms with E-state index in [9.17, 15) is 4.79 Å². The average Bonchev–Trinajstić information content (AvgIpc) is 2.35. The third kappa shape index (κ3) is 4.13. The van der Waals surface area contributed by atoms with Crippen LogP contribution in [0.4, 0.5) is 0 Å². The number of benzene rings is 1. The Kier molecular flexibility index (Phi) is 5.65. The van der Waals surface area contributed by atoms with Crippen LogP contribution in [0.25, 0.3) is 0 Å². The molecule has 3 N–H and O–H groups in total. The summed E-state index contributed by atoms with van der Waals surface area (Å²) in [5.74, 6) is 0.0700. The Morgan fingerprint density at radius 2 is 2.00 bits per heavy atom. The van der Waals surface area contributed by atoms with Crippen LogP contribution in [0.2, 0.25) is 0 Å². The van der Waals surface area contributed by atoms with E-state index < -0.39 is 0 Å². The molecule has 2 atom stereocenters. The first-order valence-electron chi connectivity index (χ1n) is 5.90. The number of rotatable bonds is 5. The van der Waals surface area contributed by atoms with Gasteiger partial charge in [0, 0.05) is 23.5 Å². The molecule has 0 fully saturated rings. The zero-order valence-electron chi connectivity index (χ0n) is 10.5. The number of hydrogen-bond donors (Lipinski definition) is 2.